The average molecular weight is 397 g/mol. The fourth-order valence-electron chi connectivity index (χ4n) is 3.68. The lowest BCUT2D eigenvalue weighted by molar-refractivity contribution is -0.137. The molecule has 2 unspecified atom stereocenters. The van der Waals surface area contributed by atoms with Crippen LogP contribution in [0, 0.1) is 28.9 Å². The number of carbonyl (C=O) groups excluding carboxylic acids is 2. The van der Waals surface area contributed by atoms with Gasteiger partial charge in [-0.25, -0.2) is 8.78 Å². The van der Waals surface area contributed by atoms with Gasteiger partial charge < -0.3 is 9.80 Å². The second-order valence-electron chi connectivity index (χ2n) is 7.04. The van der Waals surface area contributed by atoms with E-state index in [2.05, 4.69) is 6.07 Å². The van der Waals surface area contributed by atoms with Crippen molar-refractivity contribution >= 4 is 17.5 Å². The number of halogens is 2. The number of nitrogens with zero attached hydrogens (tertiary/aromatic N) is 3. The summed E-state index contributed by atoms with van der Waals surface area (Å²) >= 11 is 0. The normalized spacial score (nSPS) is 17.1. The minimum atomic E-state index is -0.829. The molecule has 7 heteroatoms. The van der Waals surface area contributed by atoms with Crippen molar-refractivity contribution in [1.29, 1.82) is 5.26 Å². The molecule has 29 heavy (non-hydrogen) atoms. The summed E-state index contributed by atoms with van der Waals surface area (Å²) in [6.45, 7) is 4.23. The van der Waals surface area contributed by atoms with E-state index in [9.17, 15) is 18.4 Å². The molecule has 2 atom stereocenters. The fourth-order valence-corrected chi connectivity index (χ4v) is 3.68. The van der Waals surface area contributed by atoms with Gasteiger partial charge in [-0.2, -0.15) is 5.26 Å². The lowest BCUT2D eigenvalue weighted by Crippen LogP contribution is -2.39. The Bertz CT molecular complexity index is 969. The van der Waals surface area contributed by atoms with Crippen LogP contribution in [0.4, 0.5) is 14.5 Å². The number of rotatable bonds is 5. The lowest BCUT2D eigenvalue weighted by Gasteiger charge is -2.30. The van der Waals surface area contributed by atoms with Crippen molar-refractivity contribution in [3.05, 3.63) is 65.2 Å². The molecule has 0 aromatic heterocycles. The number of benzene rings is 2. The van der Waals surface area contributed by atoms with E-state index >= 15 is 0 Å². The summed E-state index contributed by atoms with van der Waals surface area (Å²) in [6.07, 6.45) is -0.0216. The third kappa shape index (κ3) is 4.11. The molecule has 1 aliphatic heterocycles. The number of hydrogen-bond acceptors (Lipinski definition) is 3. The van der Waals surface area contributed by atoms with E-state index in [0.717, 1.165) is 17.7 Å². The van der Waals surface area contributed by atoms with Gasteiger partial charge >= 0.3 is 0 Å². The zero-order valence-electron chi connectivity index (χ0n) is 16.2. The summed E-state index contributed by atoms with van der Waals surface area (Å²) in [4.78, 5) is 28.4. The second kappa shape index (κ2) is 8.39. The molecule has 0 bridgehead atoms. The first-order valence-electron chi connectivity index (χ1n) is 9.41. The lowest BCUT2D eigenvalue weighted by atomic mass is 10.0. The summed E-state index contributed by atoms with van der Waals surface area (Å²) in [5, 5.41) is 8.93. The van der Waals surface area contributed by atoms with Gasteiger partial charge in [-0.15, -0.1) is 0 Å². The topological polar surface area (TPSA) is 64.4 Å². The Hall–Kier alpha value is -3.27. The Morgan fingerprint density at radius 1 is 1.28 bits per heavy atom. The quantitative estimate of drug-likeness (QED) is 0.771. The van der Waals surface area contributed by atoms with E-state index in [-0.39, 0.29) is 36.5 Å². The summed E-state index contributed by atoms with van der Waals surface area (Å²) < 4.78 is 27.3. The van der Waals surface area contributed by atoms with Crippen molar-refractivity contribution in [3.8, 4) is 6.07 Å². The van der Waals surface area contributed by atoms with Crippen LogP contribution in [-0.2, 0) is 9.59 Å². The molecule has 1 heterocycles. The molecule has 1 fully saturated rings. The van der Waals surface area contributed by atoms with Gasteiger partial charge in [-0.05, 0) is 43.7 Å². The fraction of sp³-hybridized carbons (Fsp3) is 0.318. The molecular formula is C22H21F2N3O2. The molecule has 2 aromatic rings. The largest absolute Gasteiger partial charge is 0.336 e. The maximum absolute atomic E-state index is 14.1. The molecular weight excluding hydrogens is 376 g/mol. The van der Waals surface area contributed by atoms with Crippen LogP contribution < -0.4 is 4.90 Å². The molecule has 3 rings (SSSR count). The maximum Gasteiger partial charge on any atom is 0.228 e. The summed E-state index contributed by atoms with van der Waals surface area (Å²) in [6, 6.07) is 11.8. The third-order valence-electron chi connectivity index (χ3n) is 5.29. The van der Waals surface area contributed by atoms with Crippen molar-refractivity contribution in [2.75, 3.05) is 18.0 Å². The van der Waals surface area contributed by atoms with E-state index < -0.39 is 17.6 Å². The van der Waals surface area contributed by atoms with Crippen LogP contribution in [-0.4, -0.2) is 29.8 Å². The summed E-state index contributed by atoms with van der Waals surface area (Å²) in [5.74, 6) is -2.71. The van der Waals surface area contributed by atoms with Gasteiger partial charge in [0.1, 0.15) is 11.6 Å². The first kappa shape index (κ1) is 20.5. The van der Waals surface area contributed by atoms with Crippen molar-refractivity contribution < 1.29 is 18.4 Å². The van der Waals surface area contributed by atoms with Crippen LogP contribution in [0.15, 0.2) is 42.5 Å². The Balaban J connectivity index is 1.77. The van der Waals surface area contributed by atoms with Crippen LogP contribution in [0.25, 0.3) is 0 Å². The van der Waals surface area contributed by atoms with Crippen LogP contribution in [0.3, 0.4) is 0 Å². The standard InChI is InChI=1S/C22H21F2N3O2/c1-3-26(14(2)16-6-4-15(12-25)5-7-16)22(29)17-10-21(28)27(13-17)20-9-8-18(23)11-19(20)24/h4-9,11,14,17H,3,10,13H2,1-2H3. The molecule has 150 valence electrons. The van der Waals surface area contributed by atoms with Gasteiger partial charge in [-0.1, -0.05) is 12.1 Å². The molecule has 0 N–H and O–H groups in total. The summed E-state index contributed by atoms with van der Waals surface area (Å²) in [5.41, 5.74) is 1.40. The highest BCUT2D eigenvalue weighted by atomic mass is 19.1. The molecule has 5 nitrogen and oxygen atoms in total. The van der Waals surface area contributed by atoms with Crippen LogP contribution >= 0.6 is 0 Å². The van der Waals surface area contributed by atoms with Crippen molar-refractivity contribution in [3.63, 3.8) is 0 Å². The van der Waals surface area contributed by atoms with Gasteiger partial charge in [0.25, 0.3) is 0 Å². The highest BCUT2D eigenvalue weighted by Gasteiger charge is 2.39. The Kier molecular flexibility index (Phi) is 5.92. The molecule has 2 aromatic carbocycles. The van der Waals surface area contributed by atoms with Gasteiger partial charge in [0.15, 0.2) is 0 Å². The SMILES string of the molecule is CCN(C(=O)C1CC(=O)N(c2ccc(F)cc2F)C1)C(C)c1ccc(C#N)cc1. The number of carbonyl (C=O) groups is 2. The molecule has 2 amide bonds. The number of hydrogen-bond donors (Lipinski definition) is 0. The van der Waals surface area contributed by atoms with Gasteiger partial charge in [0.2, 0.25) is 11.8 Å². The van der Waals surface area contributed by atoms with Gasteiger partial charge in [0, 0.05) is 25.6 Å². The molecule has 0 aliphatic carbocycles. The monoisotopic (exact) mass is 397 g/mol. The first-order valence-corrected chi connectivity index (χ1v) is 9.41. The summed E-state index contributed by atoms with van der Waals surface area (Å²) in [7, 11) is 0. The number of anilines is 1. The Labute approximate surface area is 168 Å². The predicted molar refractivity (Wildman–Crippen MR) is 104 cm³/mol. The van der Waals surface area contributed by atoms with Gasteiger partial charge in [0.05, 0.1) is 29.3 Å². The predicted octanol–water partition coefficient (Wildman–Crippen LogP) is 3.80. The van der Waals surface area contributed by atoms with E-state index in [1.807, 2.05) is 13.8 Å². The van der Waals surface area contributed by atoms with Gasteiger partial charge in [-0.3, -0.25) is 9.59 Å². The average Bonchev–Trinajstić information content (AvgIpc) is 3.10. The maximum atomic E-state index is 14.1. The zero-order chi connectivity index (χ0) is 21.1. The minimum Gasteiger partial charge on any atom is -0.336 e. The Morgan fingerprint density at radius 2 is 1.97 bits per heavy atom. The number of nitriles is 1. The smallest absolute Gasteiger partial charge is 0.228 e. The Morgan fingerprint density at radius 3 is 2.55 bits per heavy atom. The van der Waals surface area contributed by atoms with Crippen LogP contribution in [0.2, 0.25) is 0 Å². The van der Waals surface area contributed by atoms with Crippen LogP contribution in [0.1, 0.15) is 37.4 Å². The highest BCUT2D eigenvalue weighted by Crippen LogP contribution is 2.31. The van der Waals surface area contributed by atoms with Crippen LogP contribution in [0.5, 0.6) is 0 Å². The van der Waals surface area contributed by atoms with Crippen molar-refractivity contribution in [2.24, 2.45) is 5.92 Å². The number of amides is 2. The minimum absolute atomic E-state index is 0.0186. The van der Waals surface area contributed by atoms with Crippen molar-refractivity contribution in [2.45, 2.75) is 26.3 Å². The second-order valence-corrected chi connectivity index (χ2v) is 7.04. The van der Waals surface area contributed by atoms with E-state index in [1.165, 1.54) is 11.0 Å². The van der Waals surface area contributed by atoms with Crippen molar-refractivity contribution in [1.82, 2.24) is 4.90 Å². The molecule has 0 radical (unpaired) electrons. The zero-order valence-corrected chi connectivity index (χ0v) is 16.2. The van der Waals surface area contributed by atoms with E-state index in [1.54, 1.807) is 29.2 Å². The highest BCUT2D eigenvalue weighted by molar-refractivity contribution is 6.00. The van der Waals surface area contributed by atoms with E-state index in [4.69, 9.17) is 5.26 Å². The van der Waals surface area contributed by atoms with E-state index in [0.29, 0.717) is 12.1 Å². The molecule has 1 saturated heterocycles. The first-order chi connectivity index (χ1) is 13.8. The molecule has 0 saturated carbocycles. The molecule has 1 aliphatic rings. The molecule has 0 spiro atoms. The third-order valence-corrected chi connectivity index (χ3v) is 5.29.